The predicted octanol–water partition coefficient (Wildman–Crippen LogP) is 2.88. The number of carbonyl (C=O) groups excluding carboxylic acids is 3. The minimum absolute atomic E-state index is 0.185. The maximum absolute atomic E-state index is 12.2. The van der Waals surface area contributed by atoms with Gasteiger partial charge in [-0.15, -0.1) is 0 Å². The zero-order chi connectivity index (χ0) is 20.9. The SMILES string of the molecule is C=C/C=C\C=C\C[C@H](NC(=O)CNC(=O)OC(C)(C)C)C(=O)OCC(C)C. The fourth-order valence-corrected chi connectivity index (χ4v) is 1.71. The van der Waals surface area contributed by atoms with Gasteiger partial charge in [0.25, 0.3) is 0 Å². The highest BCUT2D eigenvalue weighted by atomic mass is 16.6. The van der Waals surface area contributed by atoms with Crippen LogP contribution >= 0.6 is 0 Å². The number of hydrogen-bond donors (Lipinski definition) is 2. The van der Waals surface area contributed by atoms with Gasteiger partial charge < -0.3 is 20.1 Å². The average Bonchev–Trinajstić information content (AvgIpc) is 2.55. The Bertz CT molecular complexity index is 559. The minimum Gasteiger partial charge on any atom is -0.464 e. The van der Waals surface area contributed by atoms with E-state index in [0.717, 1.165) is 0 Å². The topological polar surface area (TPSA) is 93.7 Å². The molecular weight excluding hydrogens is 348 g/mol. The summed E-state index contributed by atoms with van der Waals surface area (Å²) in [5.41, 5.74) is -0.659. The van der Waals surface area contributed by atoms with Crippen LogP contribution in [0.4, 0.5) is 4.79 Å². The molecule has 0 aliphatic carbocycles. The molecule has 2 N–H and O–H groups in total. The van der Waals surface area contributed by atoms with E-state index >= 15 is 0 Å². The van der Waals surface area contributed by atoms with E-state index < -0.39 is 29.6 Å². The summed E-state index contributed by atoms with van der Waals surface area (Å²) < 4.78 is 10.3. The summed E-state index contributed by atoms with van der Waals surface area (Å²) in [5.74, 6) is -0.848. The third-order valence-corrected chi connectivity index (χ3v) is 2.84. The number of ether oxygens (including phenoxy) is 2. The van der Waals surface area contributed by atoms with Gasteiger partial charge in [-0.05, 0) is 33.1 Å². The van der Waals surface area contributed by atoms with Crippen molar-refractivity contribution in [3.05, 3.63) is 37.0 Å². The van der Waals surface area contributed by atoms with Crippen LogP contribution in [0, 0.1) is 5.92 Å². The maximum atomic E-state index is 12.2. The van der Waals surface area contributed by atoms with Gasteiger partial charge in [-0.3, -0.25) is 4.79 Å². The van der Waals surface area contributed by atoms with Crippen LogP contribution < -0.4 is 10.6 Å². The molecular formula is C20H32N2O5. The van der Waals surface area contributed by atoms with Crippen LogP contribution in [0.2, 0.25) is 0 Å². The van der Waals surface area contributed by atoms with E-state index in [1.54, 1.807) is 51.2 Å². The van der Waals surface area contributed by atoms with Crippen molar-refractivity contribution in [3.63, 3.8) is 0 Å². The molecule has 0 saturated carbocycles. The van der Waals surface area contributed by atoms with Crippen LogP contribution in [0.3, 0.4) is 0 Å². The normalized spacial score (nSPS) is 12.8. The Kier molecular flexibility index (Phi) is 11.5. The predicted molar refractivity (Wildman–Crippen MR) is 105 cm³/mol. The van der Waals surface area contributed by atoms with Gasteiger partial charge in [0.05, 0.1) is 6.61 Å². The molecule has 7 heteroatoms. The maximum Gasteiger partial charge on any atom is 0.408 e. The fourth-order valence-electron chi connectivity index (χ4n) is 1.71. The Hall–Kier alpha value is -2.57. The molecule has 0 aromatic carbocycles. The second kappa shape index (κ2) is 12.7. The average molecular weight is 380 g/mol. The Morgan fingerprint density at radius 1 is 1.11 bits per heavy atom. The molecule has 0 aromatic rings. The van der Waals surface area contributed by atoms with Crippen molar-refractivity contribution in [2.75, 3.05) is 13.2 Å². The monoisotopic (exact) mass is 380 g/mol. The smallest absolute Gasteiger partial charge is 0.408 e. The van der Waals surface area contributed by atoms with E-state index in [9.17, 15) is 14.4 Å². The summed E-state index contributed by atoms with van der Waals surface area (Å²) >= 11 is 0. The lowest BCUT2D eigenvalue weighted by atomic mass is 10.2. The first-order valence-electron chi connectivity index (χ1n) is 8.92. The van der Waals surface area contributed by atoms with Crippen LogP contribution in [-0.4, -0.2) is 42.8 Å². The standard InChI is InChI=1S/C20H32N2O5/c1-7-8-9-10-11-12-16(18(24)26-14-15(2)3)22-17(23)13-21-19(25)27-20(4,5)6/h7-11,15-16H,1,12-14H2,2-6H3,(H,21,25)(H,22,23)/b9-8-,11-10+/t16-/m0/s1. The summed E-state index contributed by atoms with van der Waals surface area (Å²) in [6.45, 7) is 12.5. The summed E-state index contributed by atoms with van der Waals surface area (Å²) in [6, 6.07) is -0.843. The number of hydrogen-bond acceptors (Lipinski definition) is 5. The molecule has 0 rings (SSSR count). The van der Waals surface area contributed by atoms with Gasteiger partial charge in [-0.2, -0.15) is 0 Å². The van der Waals surface area contributed by atoms with E-state index in [4.69, 9.17) is 9.47 Å². The van der Waals surface area contributed by atoms with Gasteiger partial charge in [0.1, 0.15) is 18.2 Å². The lowest BCUT2D eigenvalue weighted by Gasteiger charge is -2.20. The van der Waals surface area contributed by atoms with Crippen molar-refractivity contribution < 1.29 is 23.9 Å². The Balaban J connectivity index is 4.70. The lowest BCUT2D eigenvalue weighted by molar-refractivity contribution is -0.148. The van der Waals surface area contributed by atoms with E-state index in [1.165, 1.54) is 0 Å². The van der Waals surface area contributed by atoms with E-state index in [2.05, 4.69) is 17.2 Å². The highest BCUT2D eigenvalue weighted by molar-refractivity contribution is 5.87. The molecule has 0 spiro atoms. The molecule has 0 aromatic heterocycles. The van der Waals surface area contributed by atoms with E-state index in [-0.39, 0.29) is 25.5 Å². The van der Waals surface area contributed by atoms with Gasteiger partial charge in [-0.25, -0.2) is 9.59 Å². The largest absolute Gasteiger partial charge is 0.464 e. The number of alkyl carbamates (subject to hydrolysis) is 1. The van der Waals surface area contributed by atoms with Crippen LogP contribution in [-0.2, 0) is 19.1 Å². The first kappa shape index (κ1) is 24.4. The van der Waals surface area contributed by atoms with Crippen molar-refractivity contribution in [2.24, 2.45) is 5.92 Å². The summed E-state index contributed by atoms with van der Waals surface area (Å²) in [5, 5.41) is 4.92. The molecule has 0 heterocycles. The van der Waals surface area contributed by atoms with Crippen molar-refractivity contribution in [2.45, 2.75) is 52.7 Å². The van der Waals surface area contributed by atoms with Gasteiger partial charge in [0.15, 0.2) is 0 Å². The number of nitrogens with one attached hydrogen (secondary N) is 2. The Labute approximate surface area is 161 Å². The summed E-state index contributed by atoms with van der Waals surface area (Å²) in [6.07, 6.45) is 8.17. The summed E-state index contributed by atoms with van der Waals surface area (Å²) in [4.78, 5) is 35.9. The molecule has 152 valence electrons. The highest BCUT2D eigenvalue weighted by Crippen LogP contribution is 2.06. The molecule has 0 aliphatic rings. The zero-order valence-electron chi connectivity index (χ0n) is 16.9. The molecule has 7 nitrogen and oxygen atoms in total. The molecule has 0 saturated heterocycles. The number of esters is 1. The molecule has 27 heavy (non-hydrogen) atoms. The van der Waals surface area contributed by atoms with Crippen molar-refractivity contribution in [1.29, 1.82) is 0 Å². The number of rotatable bonds is 10. The van der Waals surface area contributed by atoms with Crippen LogP contribution in [0.25, 0.3) is 0 Å². The van der Waals surface area contributed by atoms with Crippen molar-refractivity contribution in [1.82, 2.24) is 10.6 Å². The molecule has 0 aliphatic heterocycles. The first-order chi connectivity index (χ1) is 12.5. The number of allylic oxidation sites excluding steroid dienone is 4. The second-order valence-corrected chi connectivity index (χ2v) is 7.28. The third kappa shape index (κ3) is 14.3. The van der Waals surface area contributed by atoms with E-state index in [0.29, 0.717) is 0 Å². The lowest BCUT2D eigenvalue weighted by Crippen LogP contribution is -2.46. The third-order valence-electron chi connectivity index (χ3n) is 2.84. The van der Waals surface area contributed by atoms with Crippen LogP contribution in [0.1, 0.15) is 41.0 Å². The second-order valence-electron chi connectivity index (χ2n) is 7.28. The van der Waals surface area contributed by atoms with E-state index in [1.807, 2.05) is 13.8 Å². The highest BCUT2D eigenvalue weighted by Gasteiger charge is 2.22. The van der Waals surface area contributed by atoms with Gasteiger partial charge >= 0.3 is 12.1 Å². The van der Waals surface area contributed by atoms with Crippen molar-refractivity contribution >= 4 is 18.0 Å². The Morgan fingerprint density at radius 2 is 1.78 bits per heavy atom. The number of amides is 2. The quantitative estimate of drug-likeness (QED) is 0.449. The Morgan fingerprint density at radius 3 is 2.33 bits per heavy atom. The summed E-state index contributed by atoms with van der Waals surface area (Å²) in [7, 11) is 0. The zero-order valence-corrected chi connectivity index (χ0v) is 16.9. The fraction of sp³-hybridized carbons (Fsp3) is 0.550. The first-order valence-corrected chi connectivity index (χ1v) is 8.92. The van der Waals surface area contributed by atoms with Gasteiger partial charge in [0, 0.05) is 0 Å². The number of carbonyl (C=O) groups is 3. The van der Waals surface area contributed by atoms with Crippen molar-refractivity contribution in [3.8, 4) is 0 Å². The molecule has 2 amide bonds. The van der Waals surface area contributed by atoms with Gasteiger partial charge in [0.2, 0.25) is 5.91 Å². The van der Waals surface area contributed by atoms with Crippen LogP contribution in [0.15, 0.2) is 37.0 Å². The molecule has 0 fully saturated rings. The minimum atomic E-state index is -0.843. The molecule has 0 unspecified atom stereocenters. The molecule has 0 bridgehead atoms. The molecule has 0 radical (unpaired) electrons. The van der Waals surface area contributed by atoms with Gasteiger partial charge in [-0.1, -0.05) is 50.8 Å². The van der Waals surface area contributed by atoms with Crippen LogP contribution in [0.5, 0.6) is 0 Å². The molecule has 1 atom stereocenters.